The van der Waals surface area contributed by atoms with Gasteiger partial charge in [0.15, 0.2) is 0 Å². The number of carbonyl (C=O) groups is 1. The van der Waals surface area contributed by atoms with E-state index in [-0.39, 0.29) is 0 Å². The van der Waals surface area contributed by atoms with Crippen molar-refractivity contribution in [3.63, 3.8) is 0 Å². The Kier molecular flexibility index (Phi) is 5.22. The molecule has 0 bridgehead atoms. The fourth-order valence-electron chi connectivity index (χ4n) is 4.09. The normalized spacial score (nSPS) is 11.0. The molecule has 7 nitrogen and oxygen atoms in total. The number of nitrogens with zero attached hydrogens (tertiary/aromatic N) is 3. The monoisotopic (exact) mass is 449 g/mol. The van der Waals surface area contributed by atoms with Gasteiger partial charge in [-0.05, 0) is 55.3 Å². The van der Waals surface area contributed by atoms with Crippen molar-refractivity contribution in [2.24, 2.45) is 5.73 Å². The molecule has 0 aliphatic rings. The predicted octanol–water partition coefficient (Wildman–Crippen LogP) is 5.15. The fraction of sp³-hybridized carbons (Fsp3) is 0.0741. The molecule has 168 valence electrons. The summed E-state index contributed by atoms with van der Waals surface area (Å²) in [6.45, 7) is 3.82. The number of nitrogens with two attached hydrogens (primary N) is 2. The zero-order chi connectivity index (χ0) is 23.8. The van der Waals surface area contributed by atoms with E-state index in [1.807, 2.05) is 85.1 Å². The molecule has 4 N–H and O–H groups in total. The minimum absolute atomic E-state index is 0.411. The molecule has 34 heavy (non-hydrogen) atoms. The van der Waals surface area contributed by atoms with Crippen LogP contribution in [0.4, 0.5) is 5.69 Å². The van der Waals surface area contributed by atoms with Crippen LogP contribution >= 0.6 is 0 Å². The molecule has 0 saturated heterocycles. The molecule has 2 aromatic carbocycles. The number of fused-ring (bicyclic) bond motifs is 1. The minimum Gasteiger partial charge on any atom is -0.439 e. The third-order valence-corrected chi connectivity index (χ3v) is 5.61. The van der Waals surface area contributed by atoms with Gasteiger partial charge in [0.25, 0.3) is 5.91 Å². The van der Waals surface area contributed by atoms with Gasteiger partial charge in [-0.15, -0.1) is 0 Å². The Bertz CT molecular complexity index is 1520. The maximum Gasteiger partial charge on any atom is 0.251 e. The Labute approximate surface area is 196 Å². The van der Waals surface area contributed by atoms with Crippen molar-refractivity contribution in [3.8, 4) is 34.0 Å². The lowest BCUT2D eigenvalue weighted by Crippen LogP contribution is -2.12. The predicted molar refractivity (Wildman–Crippen MR) is 133 cm³/mol. The van der Waals surface area contributed by atoms with Crippen molar-refractivity contribution < 1.29 is 9.53 Å². The number of hydrogen-bond donors (Lipinski definition) is 2. The summed E-state index contributed by atoms with van der Waals surface area (Å²) in [7, 11) is 0. The summed E-state index contributed by atoms with van der Waals surface area (Å²) in [5.74, 6) is 0.631. The molecular weight excluding hydrogens is 426 g/mol. The summed E-state index contributed by atoms with van der Waals surface area (Å²) in [4.78, 5) is 21.4. The van der Waals surface area contributed by atoms with Gasteiger partial charge in [-0.2, -0.15) is 0 Å². The second-order valence-corrected chi connectivity index (χ2v) is 8.11. The molecule has 1 amide bonds. The highest BCUT2D eigenvalue weighted by atomic mass is 16.5. The van der Waals surface area contributed by atoms with Gasteiger partial charge < -0.3 is 20.6 Å². The van der Waals surface area contributed by atoms with Gasteiger partial charge in [-0.25, -0.2) is 4.98 Å². The molecule has 5 rings (SSSR count). The molecule has 0 fully saturated rings. The lowest BCUT2D eigenvalue weighted by molar-refractivity contribution is 0.100. The number of amides is 1. The zero-order valence-corrected chi connectivity index (χ0v) is 18.8. The third-order valence-electron chi connectivity index (χ3n) is 5.61. The first-order valence-corrected chi connectivity index (χ1v) is 10.8. The van der Waals surface area contributed by atoms with Crippen LogP contribution in [0.1, 0.15) is 21.7 Å². The smallest absolute Gasteiger partial charge is 0.251 e. The van der Waals surface area contributed by atoms with Crippen molar-refractivity contribution in [2.75, 3.05) is 5.73 Å². The largest absolute Gasteiger partial charge is 0.439 e. The average molecular weight is 450 g/mol. The highest BCUT2D eigenvalue weighted by molar-refractivity contribution is 6.10. The fourth-order valence-corrected chi connectivity index (χ4v) is 4.09. The molecule has 0 spiro atoms. The molecule has 0 aliphatic carbocycles. The number of aryl methyl sites for hydroxylation is 2. The minimum atomic E-state index is -0.524. The van der Waals surface area contributed by atoms with Gasteiger partial charge in [0, 0.05) is 29.2 Å². The zero-order valence-electron chi connectivity index (χ0n) is 18.8. The first-order valence-electron chi connectivity index (χ1n) is 10.8. The number of benzene rings is 2. The number of ether oxygens (including phenoxy) is 1. The van der Waals surface area contributed by atoms with Crippen LogP contribution < -0.4 is 16.2 Å². The second-order valence-electron chi connectivity index (χ2n) is 8.11. The van der Waals surface area contributed by atoms with Crippen LogP contribution in [-0.4, -0.2) is 20.3 Å². The Morgan fingerprint density at radius 2 is 1.62 bits per heavy atom. The summed E-state index contributed by atoms with van der Waals surface area (Å²) >= 11 is 0. The van der Waals surface area contributed by atoms with E-state index in [2.05, 4.69) is 9.97 Å². The molecule has 3 heterocycles. The van der Waals surface area contributed by atoms with Crippen molar-refractivity contribution in [1.29, 1.82) is 0 Å². The van der Waals surface area contributed by atoms with Gasteiger partial charge in [-0.3, -0.25) is 9.78 Å². The van der Waals surface area contributed by atoms with Crippen LogP contribution in [0.25, 0.3) is 27.9 Å². The van der Waals surface area contributed by atoms with Gasteiger partial charge in [-0.1, -0.05) is 30.3 Å². The molecule has 0 atom stereocenters. The van der Waals surface area contributed by atoms with Gasteiger partial charge in [0.2, 0.25) is 5.88 Å². The van der Waals surface area contributed by atoms with E-state index in [1.54, 1.807) is 12.3 Å². The number of pyridine rings is 1. The van der Waals surface area contributed by atoms with Crippen LogP contribution in [0.15, 0.2) is 79.1 Å². The number of rotatable bonds is 5. The van der Waals surface area contributed by atoms with Gasteiger partial charge >= 0.3 is 0 Å². The van der Waals surface area contributed by atoms with E-state index in [4.69, 9.17) is 16.2 Å². The van der Waals surface area contributed by atoms with Crippen LogP contribution in [0.5, 0.6) is 11.6 Å². The number of aromatic nitrogens is 3. The highest BCUT2D eigenvalue weighted by Gasteiger charge is 2.24. The molecule has 5 aromatic rings. The Morgan fingerprint density at radius 3 is 2.29 bits per heavy atom. The summed E-state index contributed by atoms with van der Waals surface area (Å²) in [5.41, 5.74) is 18.5. The summed E-state index contributed by atoms with van der Waals surface area (Å²) in [6, 6.07) is 20.7. The highest BCUT2D eigenvalue weighted by Crippen LogP contribution is 2.40. The SMILES string of the molecule is Cc1cn2c(-c3ccc(N)cc3)c(-c3ccc(Oc4cccc(C)n4)cc3)c(C(N)=O)c2cn1. The first-order chi connectivity index (χ1) is 16.4. The maximum absolute atomic E-state index is 12.7. The molecule has 0 radical (unpaired) electrons. The topological polar surface area (TPSA) is 109 Å². The van der Waals surface area contributed by atoms with E-state index in [0.717, 1.165) is 33.8 Å². The van der Waals surface area contributed by atoms with Gasteiger partial charge in [0.1, 0.15) is 5.75 Å². The number of primary amides is 1. The van der Waals surface area contributed by atoms with Crippen molar-refractivity contribution >= 4 is 17.1 Å². The van der Waals surface area contributed by atoms with Crippen LogP contribution in [-0.2, 0) is 0 Å². The third kappa shape index (κ3) is 3.84. The molecule has 3 aromatic heterocycles. The van der Waals surface area contributed by atoms with Crippen LogP contribution in [0.2, 0.25) is 0 Å². The summed E-state index contributed by atoms with van der Waals surface area (Å²) in [6.07, 6.45) is 3.58. The van der Waals surface area contributed by atoms with E-state index in [0.29, 0.717) is 28.4 Å². The van der Waals surface area contributed by atoms with E-state index in [1.165, 1.54) is 0 Å². The number of carbonyl (C=O) groups excluding carboxylic acids is 1. The summed E-state index contributed by atoms with van der Waals surface area (Å²) < 4.78 is 7.86. The molecule has 7 heteroatoms. The quantitative estimate of drug-likeness (QED) is 0.361. The van der Waals surface area contributed by atoms with Crippen molar-refractivity contribution in [2.45, 2.75) is 13.8 Å². The Hall–Kier alpha value is -4.65. The van der Waals surface area contributed by atoms with E-state index < -0.39 is 5.91 Å². The second kappa shape index (κ2) is 8.37. The molecular formula is C27H23N5O2. The van der Waals surface area contributed by atoms with E-state index in [9.17, 15) is 4.79 Å². The first kappa shape index (κ1) is 21.2. The Morgan fingerprint density at radius 1 is 0.912 bits per heavy atom. The van der Waals surface area contributed by atoms with E-state index >= 15 is 0 Å². The lowest BCUT2D eigenvalue weighted by Gasteiger charge is -2.10. The lowest BCUT2D eigenvalue weighted by atomic mass is 9.97. The van der Waals surface area contributed by atoms with Crippen LogP contribution in [0, 0.1) is 13.8 Å². The van der Waals surface area contributed by atoms with Crippen molar-refractivity contribution in [1.82, 2.24) is 14.4 Å². The summed E-state index contributed by atoms with van der Waals surface area (Å²) in [5, 5.41) is 0. The average Bonchev–Trinajstić information content (AvgIpc) is 3.14. The molecule has 0 aliphatic heterocycles. The van der Waals surface area contributed by atoms with Crippen LogP contribution in [0.3, 0.4) is 0 Å². The molecule has 0 saturated carbocycles. The standard InChI is InChI=1S/C27H23N5O2/c1-16-4-3-5-23(31-16)34-21-12-8-18(9-13-21)24-25(27(29)33)22-14-30-17(2)15-32(22)26(24)19-6-10-20(28)11-7-19/h3-15H,28H2,1-2H3,(H2,29,33). The number of hydrogen-bond acceptors (Lipinski definition) is 5. The Balaban J connectivity index is 1.69. The van der Waals surface area contributed by atoms with Gasteiger partial charge in [0.05, 0.1) is 28.7 Å². The number of anilines is 1. The van der Waals surface area contributed by atoms with Crippen molar-refractivity contribution in [3.05, 3.63) is 96.1 Å². The molecule has 0 unspecified atom stereocenters. The maximum atomic E-state index is 12.7. The number of nitrogen functional groups attached to an aromatic ring is 1.